The molecule has 132 valence electrons. The van der Waals surface area contributed by atoms with Crippen LogP contribution >= 0.6 is 11.6 Å². The Morgan fingerprint density at radius 3 is 2.58 bits per heavy atom. The molecule has 0 radical (unpaired) electrons. The van der Waals surface area contributed by atoms with Gasteiger partial charge < -0.3 is 15.7 Å². The first-order valence-corrected chi connectivity index (χ1v) is 8.27. The fourth-order valence-corrected chi connectivity index (χ4v) is 2.76. The summed E-state index contributed by atoms with van der Waals surface area (Å²) in [5, 5.41) is 16.4. The van der Waals surface area contributed by atoms with E-state index in [0.717, 1.165) is 10.8 Å². The number of aromatic nitrogens is 1. The molecule has 3 aromatic rings. The maximum absolute atomic E-state index is 12.8. The highest BCUT2D eigenvalue weighted by Crippen LogP contribution is 2.22. The molecule has 0 bridgehead atoms. The first kappa shape index (κ1) is 17.7. The van der Waals surface area contributed by atoms with E-state index in [1.807, 2.05) is 18.2 Å². The minimum atomic E-state index is -1.19. The molecule has 6 nitrogen and oxygen atoms in total. The Kier molecular flexibility index (Phi) is 5.34. The van der Waals surface area contributed by atoms with Gasteiger partial charge in [-0.25, -0.2) is 4.79 Å². The van der Waals surface area contributed by atoms with Crippen molar-refractivity contribution in [2.24, 2.45) is 0 Å². The predicted octanol–water partition coefficient (Wildman–Crippen LogP) is 3.88. The molecule has 1 heterocycles. The van der Waals surface area contributed by atoms with E-state index < -0.39 is 12.0 Å². The molecule has 1 aromatic heterocycles. The zero-order chi connectivity index (χ0) is 18.5. The third-order valence-corrected chi connectivity index (χ3v) is 4.21. The molecule has 0 aliphatic rings. The average molecular weight is 370 g/mol. The lowest BCUT2D eigenvalue weighted by Crippen LogP contribution is -2.33. The Bertz CT molecular complexity index is 944. The van der Waals surface area contributed by atoms with Crippen LogP contribution in [0, 0.1) is 0 Å². The second kappa shape index (κ2) is 7.84. The fraction of sp³-hybridized carbons (Fsp3) is 0.105. The van der Waals surface area contributed by atoms with Gasteiger partial charge in [0.2, 0.25) is 5.91 Å². The van der Waals surface area contributed by atoms with Crippen LogP contribution in [0.25, 0.3) is 10.8 Å². The van der Waals surface area contributed by atoms with Gasteiger partial charge >= 0.3 is 6.09 Å². The Balaban J connectivity index is 1.83. The van der Waals surface area contributed by atoms with Gasteiger partial charge in [-0.3, -0.25) is 9.78 Å². The van der Waals surface area contributed by atoms with Crippen LogP contribution in [0.3, 0.4) is 0 Å². The van der Waals surface area contributed by atoms with Crippen molar-refractivity contribution >= 4 is 40.1 Å². The largest absolute Gasteiger partial charge is 0.465 e. The molecule has 3 rings (SSSR count). The van der Waals surface area contributed by atoms with Gasteiger partial charge in [0.25, 0.3) is 0 Å². The number of carboxylic acid groups (broad SMARTS) is 1. The van der Waals surface area contributed by atoms with Crippen LogP contribution in [0.4, 0.5) is 10.5 Å². The Morgan fingerprint density at radius 2 is 1.85 bits per heavy atom. The SMILES string of the molecule is O=C(O)NCC(C(=O)Nc1ccc2cnccc2c1)c1ccc(Cl)cc1. The fourth-order valence-electron chi connectivity index (χ4n) is 2.64. The monoisotopic (exact) mass is 369 g/mol. The second-order valence-corrected chi connectivity index (χ2v) is 6.15. The smallest absolute Gasteiger partial charge is 0.404 e. The summed E-state index contributed by atoms with van der Waals surface area (Å²) in [4.78, 5) is 27.7. The topological polar surface area (TPSA) is 91.3 Å². The second-order valence-electron chi connectivity index (χ2n) is 5.72. The Morgan fingerprint density at radius 1 is 1.08 bits per heavy atom. The molecule has 3 N–H and O–H groups in total. The van der Waals surface area contributed by atoms with Crippen molar-refractivity contribution in [3.63, 3.8) is 0 Å². The number of carbonyl (C=O) groups excluding carboxylic acids is 1. The average Bonchev–Trinajstić information content (AvgIpc) is 2.63. The first-order valence-electron chi connectivity index (χ1n) is 7.90. The van der Waals surface area contributed by atoms with Gasteiger partial charge in [-0.05, 0) is 41.3 Å². The van der Waals surface area contributed by atoms with Gasteiger partial charge in [-0.2, -0.15) is 0 Å². The molecule has 7 heteroatoms. The van der Waals surface area contributed by atoms with E-state index >= 15 is 0 Å². The molecule has 0 saturated heterocycles. The number of halogens is 1. The highest BCUT2D eigenvalue weighted by atomic mass is 35.5. The predicted molar refractivity (Wildman–Crippen MR) is 101 cm³/mol. The lowest BCUT2D eigenvalue weighted by Gasteiger charge is -2.17. The maximum Gasteiger partial charge on any atom is 0.404 e. The van der Waals surface area contributed by atoms with Gasteiger partial charge in [0.05, 0.1) is 5.92 Å². The van der Waals surface area contributed by atoms with Crippen molar-refractivity contribution in [1.82, 2.24) is 10.3 Å². The van der Waals surface area contributed by atoms with E-state index in [-0.39, 0.29) is 12.5 Å². The molecule has 0 aliphatic carbocycles. The highest BCUT2D eigenvalue weighted by molar-refractivity contribution is 6.30. The van der Waals surface area contributed by atoms with Crippen LogP contribution in [0.1, 0.15) is 11.5 Å². The number of pyridine rings is 1. The van der Waals surface area contributed by atoms with Crippen molar-refractivity contribution in [2.75, 3.05) is 11.9 Å². The van der Waals surface area contributed by atoms with Crippen LogP contribution in [0.5, 0.6) is 0 Å². The zero-order valence-electron chi connectivity index (χ0n) is 13.6. The van der Waals surface area contributed by atoms with Crippen LogP contribution in [0.2, 0.25) is 5.02 Å². The van der Waals surface area contributed by atoms with Crippen molar-refractivity contribution in [3.05, 3.63) is 71.5 Å². The first-order chi connectivity index (χ1) is 12.5. The highest BCUT2D eigenvalue weighted by Gasteiger charge is 2.21. The Hall–Kier alpha value is -3.12. The van der Waals surface area contributed by atoms with Crippen molar-refractivity contribution in [2.45, 2.75) is 5.92 Å². The molecule has 0 saturated carbocycles. The third kappa shape index (κ3) is 4.29. The summed E-state index contributed by atoms with van der Waals surface area (Å²) in [7, 11) is 0. The van der Waals surface area contributed by atoms with Gasteiger partial charge in [-0.1, -0.05) is 29.8 Å². The van der Waals surface area contributed by atoms with E-state index in [4.69, 9.17) is 16.7 Å². The minimum absolute atomic E-state index is 0.0414. The van der Waals surface area contributed by atoms with Crippen LogP contribution in [-0.2, 0) is 4.79 Å². The lowest BCUT2D eigenvalue weighted by atomic mass is 9.98. The molecular weight excluding hydrogens is 354 g/mol. The lowest BCUT2D eigenvalue weighted by molar-refractivity contribution is -0.117. The van der Waals surface area contributed by atoms with Crippen LogP contribution in [-0.4, -0.2) is 28.6 Å². The molecule has 2 aromatic carbocycles. The van der Waals surface area contributed by atoms with E-state index in [2.05, 4.69) is 15.6 Å². The maximum atomic E-state index is 12.8. The number of nitrogens with one attached hydrogen (secondary N) is 2. The van der Waals surface area contributed by atoms with Gasteiger partial charge in [0.1, 0.15) is 0 Å². The van der Waals surface area contributed by atoms with Gasteiger partial charge in [-0.15, -0.1) is 0 Å². The summed E-state index contributed by atoms with van der Waals surface area (Å²) >= 11 is 5.89. The van der Waals surface area contributed by atoms with E-state index in [1.165, 1.54) is 0 Å². The van der Waals surface area contributed by atoms with Gasteiger partial charge in [0, 0.05) is 35.0 Å². The number of amides is 2. The molecule has 1 atom stereocenters. The number of anilines is 1. The number of hydrogen-bond donors (Lipinski definition) is 3. The molecule has 26 heavy (non-hydrogen) atoms. The zero-order valence-corrected chi connectivity index (χ0v) is 14.4. The number of hydrogen-bond acceptors (Lipinski definition) is 3. The van der Waals surface area contributed by atoms with Crippen molar-refractivity contribution in [1.29, 1.82) is 0 Å². The summed E-state index contributed by atoms with van der Waals surface area (Å²) in [6, 6.07) is 14.1. The third-order valence-electron chi connectivity index (χ3n) is 3.95. The molecular formula is C19H16ClN3O3. The molecule has 0 spiro atoms. The number of fused-ring (bicyclic) bond motifs is 1. The standard InChI is InChI=1S/C19H16ClN3O3/c20-15-4-1-12(2-5-15)17(11-22-19(25)26)18(24)23-16-6-3-14-10-21-8-7-13(14)9-16/h1-10,17,22H,11H2,(H,23,24)(H,25,26). The molecule has 2 amide bonds. The molecule has 0 aliphatic heterocycles. The molecule has 1 unspecified atom stereocenters. The quantitative estimate of drug-likeness (QED) is 0.636. The van der Waals surface area contributed by atoms with E-state index in [1.54, 1.807) is 42.7 Å². The summed E-state index contributed by atoms with van der Waals surface area (Å²) < 4.78 is 0. The summed E-state index contributed by atoms with van der Waals surface area (Å²) in [5.41, 5.74) is 1.30. The number of nitrogens with zero attached hydrogens (tertiary/aromatic N) is 1. The number of rotatable bonds is 5. The summed E-state index contributed by atoms with van der Waals surface area (Å²) in [6.45, 7) is -0.0414. The normalized spacial score (nSPS) is 11.7. The number of benzene rings is 2. The van der Waals surface area contributed by atoms with Crippen LogP contribution < -0.4 is 10.6 Å². The van der Waals surface area contributed by atoms with Gasteiger partial charge in [0.15, 0.2) is 0 Å². The van der Waals surface area contributed by atoms with Crippen molar-refractivity contribution in [3.8, 4) is 0 Å². The van der Waals surface area contributed by atoms with Crippen LogP contribution in [0.15, 0.2) is 60.9 Å². The summed E-state index contributed by atoms with van der Waals surface area (Å²) in [5.74, 6) is -0.994. The number of carbonyl (C=O) groups is 2. The van der Waals surface area contributed by atoms with E-state index in [9.17, 15) is 9.59 Å². The Labute approximate surface area is 154 Å². The minimum Gasteiger partial charge on any atom is -0.465 e. The molecule has 0 fully saturated rings. The summed E-state index contributed by atoms with van der Waals surface area (Å²) in [6.07, 6.45) is 2.24. The van der Waals surface area contributed by atoms with Crippen molar-refractivity contribution < 1.29 is 14.7 Å². The van der Waals surface area contributed by atoms with E-state index in [0.29, 0.717) is 16.3 Å².